The van der Waals surface area contributed by atoms with Gasteiger partial charge in [-0.15, -0.1) is 0 Å². The molecule has 0 spiro atoms. The van der Waals surface area contributed by atoms with Crippen LogP contribution in [0.25, 0.3) is 11.1 Å². The zero-order valence-electron chi connectivity index (χ0n) is 28.3. The molecule has 4 aromatic carbocycles. The molecular formula is C36H42BBrCl2N2O6. The van der Waals surface area contributed by atoms with Crippen molar-refractivity contribution in [1.82, 2.24) is 0 Å². The van der Waals surface area contributed by atoms with E-state index in [-0.39, 0.29) is 0 Å². The van der Waals surface area contributed by atoms with Crippen LogP contribution in [-0.4, -0.2) is 40.6 Å². The Hall–Kier alpha value is -3.54. The zero-order valence-corrected chi connectivity index (χ0v) is 31.4. The van der Waals surface area contributed by atoms with Gasteiger partial charge in [0.2, 0.25) is 0 Å². The van der Waals surface area contributed by atoms with Gasteiger partial charge < -0.3 is 19.5 Å². The first-order valence-corrected chi connectivity index (χ1v) is 16.5. The van der Waals surface area contributed by atoms with Crippen molar-refractivity contribution in [2.45, 2.75) is 66.6 Å². The number of benzene rings is 4. The van der Waals surface area contributed by atoms with Gasteiger partial charge in [0.25, 0.3) is 0 Å². The number of aryl methyl sites for hydroxylation is 2. The van der Waals surface area contributed by atoms with Gasteiger partial charge in [-0.2, -0.15) is 0 Å². The van der Waals surface area contributed by atoms with Crippen LogP contribution < -0.4 is 16.1 Å². The monoisotopic (exact) mass is 758 g/mol. The molecule has 0 radical (unpaired) electrons. The maximum atomic E-state index is 11.7. The van der Waals surface area contributed by atoms with E-state index in [4.69, 9.17) is 42.7 Å². The van der Waals surface area contributed by atoms with E-state index in [0.717, 1.165) is 26.2 Å². The molecule has 0 saturated carbocycles. The highest BCUT2D eigenvalue weighted by molar-refractivity contribution is 9.10. The Morgan fingerprint density at radius 3 is 1.46 bits per heavy atom. The van der Waals surface area contributed by atoms with E-state index in [0.29, 0.717) is 21.9 Å². The molecule has 48 heavy (non-hydrogen) atoms. The topological polar surface area (TPSA) is 117 Å². The first kappa shape index (κ1) is 40.6. The lowest BCUT2D eigenvalue weighted by Crippen LogP contribution is -2.30. The van der Waals surface area contributed by atoms with Gasteiger partial charge >= 0.3 is 19.3 Å². The lowest BCUT2D eigenvalue weighted by molar-refractivity contribution is 0.0624. The van der Waals surface area contributed by atoms with Gasteiger partial charge in [-0.1, -0.05) is 71.7 Å². The summed E-state index contributed by atoms with van der Waals surface area (Å²) < 4.78 is 11.3. The van der Waals surface area contributed by atoms with E-state index in [1.807, 2.05) is 95.3 Å². The molecule has 4 rings (SSSR count). The second-order valence-electron chi connectivity index (χ2n) is 12.6. The van der Waals surface area contributed by atoms with E-state index < -0.39 is 30.5 Å². The van der Waals surface area contributed by atoms with E-state index in [1.165, 1.54) is 17.7 Å². The summed E-state index contributed by atoms with van der Waals surface area (Å²) in [7, 11) is -1.51. The van der Waals surface area contributed by atoms with Crippen LogP contribution in [-0.2, 0) is 9.47 Å². The number of rotatable bonds is 4. The highest BCUT2D eigenvalue weighted by Crippen LogP contribution is 2.31. The van der Waals surface area contributed by atoms with Crippen molar-refractivity contribution in [1.29, 1.82) is 0 Å². The highest BCUT2D eigenvalue weighted by Gasteiger charge is 2.17. The molecule has 0 saturated heterocycles. The number of amides is 2. The van der Waals surface area contributed by atoms with E-state index in [2.05, 4.69) is 26.6 Å². The van der Waals surface area contributed by atoms with Crippen molar-refractivity contribution in [3.63, 3.8) is 0 Å². The number of carbonyl (C=O) groups excluding carboxylic acids is 2. The van der Waals surface area contributed by atoms with Gasteiger partial charge in [-0.3, -0.25) is 10.6 Å². The van der Waals surface area contributed by atoms with Crippen molar-refractivity contribution in [3.8, 4) is 11.1 Å². The molecule has 0 heterocycles. The van der Waals surface area contributed by atoms with Crippen LogP contribution in [0.5, 0.6) is 0 Å². The third-order valence-corrected chi connectivity index (χ3v) is 7.95. The first-order valence-electron chi connectivity index (χ1n) is 15.0. The second-order valence-corrected chi connectivity index (χ2v) is 14.2. The third kappa shape index (κ3) is 14.7. The molecule has 8 nitrogen and oxygen atoms in total. The molecule has 0 aliphatic carbocycles. The molecule has 0 aliphatic heterocycles. The van der Waals surface area contributed by atoms with E-state index in [1.54, 1.807) is 32.9 Å². The van der Waals surface area contributed by atoms with Crippen molar-refractivity contribution in [2.24, 2.45) is 0 Å². The first-order chi connectivity index (χ1) is 22.3. The Morgan fingerprint density at radius 1 is 0.667 bits per heavy atom. The molecule has 0 aliphatic rings. The number of nitrogens with one attached hydrogen (secondary N) is 2. The molecule has 12 heteroatoms. The molecule has 0 fully saturated rings. The summed E-state index contributed by atoms with van der Waals surface area (Å²) in [5.41, 5.74) is 4.81. The molecule has 0 atom stereocenters. The minimum atomic E-state index is -1.51. The van der Waals surface area contributed by atoms with Crippen LogP contribution in [0.3, 0.4) is 0 Å². The van der Waals surface area contributed by atoms with E-state index in [9.17, 15) is 9.59 Å². The average Bonchev–Trinajstić information content (AvgIpc) is 2.95. The Kier molecular flexibility index (Phi) is 15.5. The fourth-order valence-electron chi connectivity index (χ4n) is 3.91. The SMILES string of the molecule is CC(C)(C)OC(=O)Nc1ccc(B(O)O)cc1.Cc1cccc(Cl)c1-c1ccc(NC(=O)OC(C)(C)C)cc1.Cc1cccc(Cl)c1Br. The molecular weight excluding hydrogens is 718 g/mol. The molecule has 4 N–H and O–H groups in total. The fourth-order valence-corrected chi connectivity index (χ4v) is 4.73. The maximum absolute atomic E-state index is 11.7. The molecule has 2 amide bonds. The third-order valence-electron chi connectivity index (χ3n) is 6.04. The number of carbonyl (C=O) groups is 2. The van der Waals surface area contributed by atoms with E-state index >= 15 is 0 Å². The number of ether oxygens (including phenoxy) is 2. The van der Waals surface area contributed by atoms with Crippen molar-refractivity contribution < 1.29 is 29.1 Å². The Bertz CT molecular complexity index is 1620. The number of hydrogen-bond acceptors (Lipinski definition) is 6. The molecule has 0 unspecified atom stereocenters. The van der Waals surface area contributed by atoms with Crippen LogP contribution in [0.1, 0.15) is 52.7 Å². The van der Waals surface area contributed by atoms with Gasteiger partial charge in [-0.25, -0.2) is 9.59 Å². The van der Waals surface area contributed by atoms with Gasteiger partial charge in [0.05, 0.1) is 5.02 Å². The lowest BCUT2D eigenvalue weighted by Gasteiger charge is -2.19. The molecule has 0 bridgehead atoms. The van der Waals surface area contributed by atoms with Crippen LogP contribution in [0.2, 0.25) is 10.0 Å². The molecule has 256 valence electrons. The average molecular weight is 760 g/mol. The van der Waals surface area contributed by atoms with Gasteiger partial charge in [0.15, 0.2) is 0 Å². The summed E-state index contributed by atoms with van der Waals surface area (Å²) in [6.07, 6.45) is -1.01. The molecule has 4 aromatic rings. The van der Waals surface area contributed by atoms with Gasteiger partial charge in [0.1, 0.15) is 11.2 Å². The number of halogens is 3. The summed E-state index contributed by atoms with van der Waals surface area (Å²) in [5, 5.41) is 24.5. The Labute approximate surface area is 302 Å². The predicted octanol–water partition coefficient (Wildman–Crippen LogP) is 9.79. The largest absolute Gasteiger partial charge is 0.488 e. The quantitative estimate of drug-likeness (QED) is 0.154. The summed E-state index contributed by atoms with van der Waals surface area (Å²) in [6, 6.07) is 25.3. The highest BCUT2D eigenvalue weighted by atomic mass is 79.9. The number of anilines is 2. The zero-order chi connectivity index (χ0) is 36.2. The maximum Gasteiger partial charge on any atom is 0.488 e. The minimum Gasteiger partial charge on any atom is -0.444 e. The van der Waals surface area contributed by atoms with Crippen LogP contribution in [0.15, 0.2) is 89.4 Å². The summed E-state index contributed by atoms with van der Waals surface area (Å²) in [4.78, 5) is 23.2. The smallest absolute Gasteiger partial charge is 0.444 e. The summed E-state index contributed by atoms with van der Waals surface area (Å²) in [5.74, 6) is 0. The molecule has 0 aromatic heterocycles. The summed E-state index contributed by atoms with van der Waals surface area (Å²) in [6.45, 7) is 14.8. The minimum absolute atomic E-state index is 0.361. The standard InChI is InChI=1S/C18H20ClNO2.C11H16BNO4.C7H6BrCl/c1-12-6-5-7-15(19)16(12)13-8-10-14(11-9-13)20-17(21)22-18(2,3)4;1-11(2,3)17-10(14)13-9-6-4-8(5-7-9)12(15)16;1-5-3-2-4-6(9)7(5)8/h5-11H,1-4H3,(H,20,21);4-7,15-16H,1-3H3,(H,13,14);2-4H,1H3. The second kappa shape index (κ2) is 18.3. The number of hydrogen-bond donors (Lipinski definition) is 4. The van der Waals surface area contributed by atoms with Gasteiger partial charge in [0, 0.05) is 26.4 Å². The van der Waals surface area contributed by atoms with Crippen molar-refractivity contribution in [2.75, 3.05) is 10.6 Å². The Balaban J connectivity index is 0.000000272. The van der Waals surface area contributed by atoms with Gasteiger partial charge in [-0.05, 0) is 130 Å². The van der Waals surface area contributed by atoms with Crippen LogP contribution >= 0.6 is 39.1 Å². The van der Waals surface area contributed by atoms with Crippen molar-refractivity contribution >= 4 is 75.3 Å². The Morgan fingerprint density at radius 2 is 1.08 bits per heavy atom. The fraction of sp³-hybridized carbons (Fsp3) is 0.278. The summed E-state index contributed by atoms with van der Waals surface area (Å²) >= 11 is 15.4. The normalized spacial score (nSPS) is 10.8. The predicted molar refractivity (Wildman–Crippen MR) is 201 cm³/mol. The van der Waals surface area contributed by atoms with Crippen LogP contribution in [0.4, 0.5) is 21.0 Å². The van der Waals surface area contributed by atoms with Crippen molar-refractivity contribution in [3.05, 3.63) is 111 Å². The van der Waals surface area contributed by atoms with Crippen LogP contribution in [0, 0.1) is 13.8 Å². The lowest BCUT2D eigenvalue weighted by atomic mass is 9.80.